The number of urea groups is 1. The zero-order valence-electron chi connectivity index (χ0n) is 21.8. The number of hydrogen-bond donors (Lipinski definition) is 2. The molecule has 200 valence electrons. The number of aromatic nitrogens is 1. The fourth-order valence-corrected chi connectivity index (χ4v) is 6.05. The number of amides is 4. The molecular formula is C28H33N5O5. The highest BCUT2D eigenvalue weighted by Crippen LogP contribution is 2.33. The molecule has 2 heterocycles. The molecule has 0 radical (unpaired) electrons. The number of carbonyl (C=O) groups excluding carboxylic acids is 3. The number of nitrogens with zero attached hydrogens (tertiary/aromatic N) is 3. The van der Waals surface area contributed by atoms with Crippen LogP contribution in [0.4, 0.5) is 16.2 Å². The van der Waals surface area contributed by atoms with Crippen molar-refractivity contribution in [2.75, 3.05) is 5.32 Å². The van der Waals surface area contributed by atoms with Crippen molar-refractivity contribution in [3.8, 4) is 5.69 Å². The Kier molecular flexibility index (Phi) is 7.05. The van der Waals surface area contributed by atoms with Gasteiger partial charge in [0.1, 0.15) is 11.3 Å². The molecular weight excluding hydrogens is 486 g/mol. The first-order chi connectivity index (χ1) is 18.2. The van der Waals surface area contributed by atoms with E-state index < -0.39 is 17.8 Å². The van der Waals surface area contributed by atoms with E-state index in [2.05, 4.69) is 10.6 Å². The summed E-state index contributed by atoms with van der Waals surface area (Å²) in [5.74, 6) is -1.29. The number of carbonyl (C=O) groups is 3. The van der Waals surface area contributed by atoms with Gasteiger partial charge in [0.05, 0.1) is 10.6 Å². The standard InChI is InChI=1S/C28H33N5O5/c1-17-14-19(15-23-26(34)30-28(36)32(27(23)35)21-10-6-7-11-21)18(2)31(17)22-12-13-24(25(16-22)33(37)38)29-20-8-4-3-5-9-20/h12-16,20-21,29H,3-11H2,1-2H3,(H,30,34,36)/b23-15-. The number of imide groups is 2. The summed E-state index contributed by atoms with van der Waals surface area (Å²) in [4.78, 5) is 51.1. The molecule has 10 heteroatoms. The van der Waals surface area contributed by atoms with Gasteiger partial charge in [0, 0.05) is 29.5 Å². The average molecular weight is 520 g/mol. The maximum absolute atomic E-state index is 13.2. The normalized spacial score (nSPS) is 20.3. The number of barbiturate groups is 1. The zero-order chi connectivity index (χ0) is 27.0. The number of aryl methyl sites for hydroxylation is 1. The van der Waals surface area contributed by atoms with Crippen molar-refractivity contribution in [2.24, 2.45) is 0 Å². The summed E-state index contributed by atoms with van der Waals surface area (Å²) in [6.45, 7) is 3.71. The van der Waals surface area contributed by atoms with Crippen LogP contribution in [0.1, 0.15) is 74.7 Å². The van der Waals surface area contributed by atoms with E-state index in [1.807, 2.05) is 30.5 Å². The summed E-state index contributed by atoms with van der Waals surface area (Å²) in [7, 11) is 0. The minimum atomic E-state index is -0.715. The van der Waals surface area contributed by atoms with E-state index >= 15 is 0 Å². The molecule has 2 aromatic rings. The van der Waals surface area contributed by atoms with Crippen LogP contribution in [0.3, 0.4) is 0 Å². The third kappa shape index (κ3) is 4.82. The molecule has 2 N–H and O–H groups in total. The van der Waals surface area contributed by atoms with Gasteiger partial charge in [-0.1, -0.05) is 32.1 Å². The van der Waals surface area contributed by atoms with Crippen LogP contribution in [0.25, 0.3) is 11.8 Å². The molecule has 38 heavy (non-hydrogen) atoms. The highest BCUT2D eigenvalue weighted by Gasteiger charge is 2.40. The Labute approximate surface area is 221 Å². The molecule has 0 bridgehead atoms. The molecule has 0 unspecified atom stereocenters. The number of nitro benzene ring substituents is 1. The van der Waals surface area contributed by atoms with Crippen LogP contribution >= 0.6 is 0 Å². The van der Waals surface area contributed by atoms with Crippen LogP contribution in [0.5, 0.6) is 0 Å². The summed E-state index contributed by atoms with van der Waals surface area (Å²) in [5, 5.41) is 17.6. The lowest BCUT2D eigenvalue weighted by atomic mass is 9.95. The Balaban J connectivity index is 1.47. The minimum absolute atomic E-state index is 0.00744. The third-order valence-electron chi connectivity index (χ3n) is 7.99. The highest BCUT2D eigenvalue weighted by molar-refractivity contribution is 6.31. The van der Waals surface area contributed by atoms with Crippen molar-refractivity contribution in [2.45, 2.75) is 83.7 Å². The molecule has 4 amide bonds. The number of rotatable bonds is 6. The van der Waals surface area contributed by atoms with Crippen LogP contribution in [0.2, 0.25) is 0 Å². The SMILES string of the molecule is Cc1cc(/C=C2/C(=O)NC(=O)N(C3CCCC3)C2=O)c(C)n1-c1ccc(NC2CCCCC2)c([N+](=O)[O-])c1. The van der Waals surface area contributed by atoms with Crippen LogP contribution in [-0.2, 0) is 9.59 Å². The lowest BCUT2D eigenvalue weighted by Gasteiger charge is -2.31. The number of anilines is 1. The van der Waals surface area contributed by atoms with Gasteiger partial charge >= 0.3 is 6.03 Å². The molecule has 0 spiro atoms. The van der Waals surface area contributed by atoms with Crippen molar-refractivity contribution >= 4 is 35.3 Å². The van der Waals surface area contributed by atoms with Crippen molar-refractivity contribution in [1.29, 1.82) is 0 Å². The van der Waals surface area contributed by atoms with E-state index in [0.29, 0.717) is 16.9 Å². The lowest BCUT2D eigenvalue weighted by molar-refractivity contribution is -0.384. The summed E-state index contributed by atoms with van der Waals surface area (Å²) >= 11 is 0. The lowest BCUT2D eigenvalue weighted by Crippen LogP contribution is -2.57. The zero-order valence-corrected chi connectivity index (χ0v) is 21.8. The van der Waals surface area contributed by atoms with Gasteiger partial charge in [-0.15, -0.1) is 0 Å². The number of nitro groups is 1. The van der Waals surface area contributed by atoms with Crippen LogP contribution in [0.15, 0.2) is 29.8 Å². The van der Waals surface area contributed by atoms with Gasteiger partial charge in [0.25, 0.3) is 17.5 Å². The second-order valence-electron chi connectivity index (χ2n) is 10.5. The van der Waals surface area contributed by atoms with Gasteiger partial charge in [-0.25, -0.2) is 4.79 Å². The largest absolute Gasteiger partial charge is 0.377 e. The first-order valence-electron chi connectivity index (χ1n) is 13.4. The van der Waals surface area contributed by atoms with Gasteiger partial charge in [-0.3, -0.25) is 29.9 Å². The predicted molar refractivity (Wildman–Crippen MR) is 143 cm³/mol. The Hall–Kier alpha value is -3.95. The highest BCUT2D eigenvalue weighted by atomic mass is 16.6. The number of nitrogens with one attached hydrogen (secondary N) is 2. The first kappa shape index (κ1) is 25.7. The maximum Gasteiger partial charge on any atom is 0.331 e. The number of hydrogen-bond acceptors (Lipinski definition) is 6. The summed E-state index contributed by atoms with van der Waals surface area (Å²) in [6, 6.07) is 6.35. The fourth-order valence-electron chi connectivity index (χ4n) is 6.05. The summed E-state index contributed by atoms with van der Waals surface area (Å²) < 4.78 is 1.87. The van der Waals surface area contributed by atoms with E-state index in [4.69, 9.17) is 0 Å². The van der Waals surface area contributed by atoms with E-state index in [0.717, 1.165) is 62.8 Å². The van der Waals surface area contributed by atoms with E-state index in [-0.39, 0.29) is 28.3 Å². The Morgan fingerprint density at radius 1 is 1.00 bits per heavy atom. The van der Waals surface area contributed by atoms with Crippen molar-refractivity contribution in [3.63, 3.8) is 0 Å². The van der Waals surface area contributed by atoms with Crippen LogP contribution < -0.4 is 10.6 Å². The van der Waals surface area contributed by atoms with Gasteiger partial charge in [-0.05, 0) is 69.4 Å². The van der Waals surface area contributed by atoms with Crippen molar-refractivity contribution < 1.29 is 19.3 Å². The smallest absolute Gasteiger partial charge is 0.331 e. The monoisotopic (exact) mass is 519 g/mol. The first-order valence-corrected chi connectivity index (χ1v) is 13.4. The number of benzene rings is 1. The van der Waals surface area contributed by atoms with Crippen molar-refractivity contribution in [3.05, 3.63) is 56.9 Å². The second kappa shape index (κ2) is 10.4. The van der Waals surface area contributed by atoms with Gasteiger partial charge < -0.3 is 9.88 Å². The average Bonchev–Trinajstić information content (AvgIpc) is 3.50. The van der Waals surface area contributed by atoms with Gasteiger partial charge in [0.2, 0.25) is 0 Å². The van der Waals surface area contributed by atoms with Gasteiger partial charge in [0.15, 0.2) is 0 Å². The van der Waals surface area contributed by atoms with E-state index in [1.165, 1.54) is 17.4 Å². The molecule has 3 fully saturated rings. The Bertz CT molecular complexity index is 1330. The fraction of sp³-hybridized carbons (Fsp3) is 0.464. The molecule has 1 aromatic carbocycles. The topological polar surface area (TPSA) is 127 Å². The Morgan fingerprint density at radius 2 is 1.68 bits per heavy atom. The summed E-state index contributed by atoms with van der Waals surface area (Å²) in [5.41, 5.74) is 3.20. The molecule has 1 aromatic heterocycles. The molecule has 3 aliphatic rings. The van der Waals surface area contributed by atoms with E-state index in [9.17, 15) is 24.5 Å². The molecule has 1 aliphatic heterocycles. The predicted octanol–water partition coefficient (Wildman–Crippen LogP) is 5.15. The molecule has 0 atom stereocenters. The van der Waals surface area contributed by atoms with E-state index in [1.54, 1.807) is 12.1 Å². The molecule has 5 rings (SSSR count). The summed E-state index contributed by atoms with van der Waals surface area (Å²) in [6.07, 6.45) is 10.3. The molecule has 2 aliphatic carbocycles. The van der Waals surface area contributed by atoms with Crippen LogP contribution in [-0.4, -0.2) is 44.3 Å². The second-order valence-corrected chi connectivity index (χ2v) is 10.5. The molecule has 2 saturated carbocycles. The third-order valence-corrected chi connectivity index (χ3v) is 7.99. The molecule has 1 saturated heterocycles. The van der Waals surface area contributed by atoms with Crippen molar-refractivity contribution in [1.82, 2.24) is 14.8 Å². The maximum atomic E-state index is 13.2. The minimum Gasteiger partial charge on any atom is -0.377 e. The molecule has 10 nitrogen and oxygen atoms in total. The Morgan fingerprint density at radius 3 is 2.37 bits per heavy atom. The van der Waals surface area contributed by atoms with Gasteiger partial charge in [-0.2, -0.15) is 0 Å². The quantitative estimate of drug-likeness (QED) is 0.235. The van der Waals surface area contributed by atoms with Crippen LogP contribution in [0, 0.1) is 24.0 Å².